The molecule has 3 aliphatic rings. The Kier molecular flexibility index (Phi) is 10.3. The zero-order valence-electron chi connectivity index (χ0n) is 19.7. The molecule has 1 aromatic rings. The molecule has 0 aromatic carbocycles. The summed E-state index contributed by atoms with van der Waals surface area (Å²) in [5.41, 5.74) is 3.59. The average Bonchev–Trinajstić information content (AvgIpc) is 3.17. The fourth-order valence-electron chi connectivity index (χ4n) is 4.93. The van der Waals surface area contributed by atoms with Gasteiger partial charge in [-0.25, -0.2) is 0 Å². The number of nitrogens with zero attached hydrogens (tertiary/aromatic N) is 2. The monoisotopic (exact) mass is 466 g/mol. The van der Waals surface area contributed by atoms with E-state index in [9.17, 15) is 9.90 Å². The summed E-state index contributed by atoms with van der Waals surface area (Å²) in [4.78, 5) is 32.8. The lowest BCUT2D eigenvalue weighted by Crippen LogP contribution is -2.58. The van der Waals surface area contributed by atoms with Gasteiger partial charge in [0.2, 0.25) is 5.91 Å². The minimum absolute atomic E-state index is 0.141. The quantitative estimate of drug-likeness (QED) is 0.447. The lowest BCUT2D eigenvalue weighted by Gasteiger charge is -2.48. The number of piperidine rings is 2. The van der Waals surface area contributed by atoms with E-state index < -0.39 is 11.9 Å². The fourth-order valence-corrected chi connectivity index (χ4v) is 4.93. The van der Waals surface area contributed by atoms with Crippen molar-refractivity contribution in [2.45, 2.75) is 77.7 Å². The number of aliphatic hydroxyl groups excluding tert-OH is 1. The molecule has 4 rings (SSSR count). The van der Waals surface area contributed by atoms with Gasteiger partial charge in [-0.1, -0.05) is 0 Å². The maximum atomic E-state index is 12.8. The first kappa shape index (κ1) is 26.8. The summed E-state index contributed by atoms with van der Waals surface area (Å²) in [5.74, 6) is -1.45. The number of amides is 1. The highest BCUT2D eigenvalue weighted by Crippen LogP contribution is 2.36. The number of hydrogen-bond donors (Lipinski definition) is 5. The van der Waals surface area contributed by atoms with Crippen LogP contribution in [0.1, 0.15) is 69.3 Å². The van der Waals surface area contributed by atoms with Gasteiger partial charge >= 0.3 is 0 Å². The largest absolute Gasteiger partial charge is 0.481 e. The van der Waals surface area contributed by atoms with Crippen molar-refractivity contribution in [2.75, 3.05) is 26.2 Å². The minimum atomic E-state index is -0.833. The van der Waals surface area contributed by atoms with Crippen LogP contribution >= 0.6 is 0 Å². The number of aromatic nitrogens is 2. The minimum Gasteiger partial charge on any atom is -0.481 e. The van der Waals surface area contributed by atoms with E-state index in [2.05, 4.69) is 15.5 Å². The first-order valence-electron chi connectivity index (χ1n) is 11.7. The van der Waals surface area contributed by atoms with Crippen LogP contribution in [0.25, 0.3) is 0 Å². The van der Waals surface area contributed by atoms with Crippen LogP contribution in [0.3, 0.4) is 0 Å². The molecular formula is C23H38N4O6. The highest BCUT2D eigenvalue weighted by molar-refractivity contribution is 5.76. The van der Waals surface area contributed by atoms with Crippen molar-refractivity contribution in [1.29, 1.82) is 0 Å². The number of likely N-dealkylation sites (tertiary alicyclic amines) is 1. The molecule has 10 nitrogen and oxygen atoms in total. The molecule has 1 aliphatic carbocycles. The van der Waals surface area contributed by atoms with E-state index >= 15 is 0 Å². The number of aliphatic hydroxyl groups is 1. The Morgan fingerprint density at radius 1 is 1.12 bits per heavy atom. The summed E-state index contributed by atoms with van der Waals surface area (Å²) < 4.78 is 0. The number of aliphatic carboxylic acids is 2. The molecule has 186 valence electrons. The number of aryl methyl sites for hydroxylation is 2. The van der Waals surface area contributed by atoms with Gasteiger partial charge in [0.15, 0.2) is 0 Å². The highest BCUT2D eigenvalue weighted by Gasteiger charge is 2.44. The second-order valence-electron chi connectivity index (χ2n) is 9.14. The Balaban J connectivity index is 0.000000420. The van der Waals surface area contributed by atoms with Gasteiger partial charge in [0.25, 0.3) is 11.9 Å². The first-order valence-corrected chi connectivity index (χ1v) is 11.7. The molecule has 33 heavy (non-hydrogen) atoms. The second-order valence-corrected chi connectivity index (χ2v) is 9.14. The maximum absolute atomic E-state index is 12.8. The Morgan fingerprint density at radius 2 is 1.79 bits per heavy atom. The Morgan fingerprint density at radius 3 is 2.45 bits per heavy atom. The molecule has 2 atom stereocenters. The van der Waals surface area contributed by atoms with Crippen LogP contribution in [-0.4, -0.2) is 80.5 Å². The van der Waals surface area contributed by atoms with Crippen LogP contribution in [0.2, 0.25) is 0 Å². The molecule has 10 heteroatoms. The molecule has 5 N–H and O–H groups in total. The normalized spacial score (nSPS) is 24.0. The Labute approximate surface area is 194 Å². The highest BCUT2D eigenvalue weighted by atomic mass is 16.4. The lowest BCUT2D eigenvalue weighted by atomic mass is 9.72. The summed E-state index contributed by atoms with van der Waals surface area (Å²) >= 11 is 0. The van der Waals surface area contributed by atoms with E-state index in [1.54, 1.807) is 0 Å². The van der Waals surface area contributed by atoms with E-state index in [-0.39, 0.29) is 17.4 Å². The van der Waals surface area contributed by atoms with Gasteiger partial charge in [-0.05, 0) is 57.1 Å². The van der Waals surface area contributed by atoms with E-state index in [1.165, 1.54) is 24.1 Å². The number of rotatable bonds is 3. The predicted octanol–water partition coefficient (Wildman–Crippen LogP) is 1.37. The van der Waals surface area contributed by atoms with E-state index in [0.29, 0.717) is 13.0 Å². The molecule has 0 unspecified atom stereocenters. The molecule has 0 saturated carbocycles. The molecule has 3 heterocycles. The van der Waals surface area contributed by atoms with Gasteiger partial charge in [-0.3, -0.25) is 19.5 Å². The van der Waals surface area contributed by atoms with E-state index in [1.807, 2.05) is 4.90 Å². The van der Waals surface area contributed by atoms with Gasteiger partial charge in [0.1, 0.15) is 0 Å². The third kappa shape index (κ3) is 8.12. The van der Waals surface area contributed by atoms with Crippen molar-refractivity contribution in [3.63, 3.8) is 0 Å². The molecule has 2 saturated heterocycles. The molecule has 1 spiro atoms. The second kappa shape index (κ2) is 12.7. The number of carboxylic acids is 2. The van der Waals surface area contributed by atoms with Gasteiger partial charge in [0.05, 0.1) is 11.8 Å². The zero-order valence-corrected chi connectivity index (χ0v) is 19.7. The van der Waals surface area contributed by atoms with Crippen LogP contribution in [-0.2, 0) is 33.6 Å². The number of nitrogens with one attached hydrogen (secondary N) is 2. The maximum Gasteiger partial charge on any atom is 0.300 e. The van der Waals surface area contributed by atoms with Gasteiger partial charge in [-0.15, -0.1) is 0 Å². The SMILES string of the molecule is CC(=O)O.CC(=O)O.O=C(CCc1n[nH]c2c1CCCC2)N1CCC[C@]2(CNCC[C@@H]2O)C1. The number of aromatic amines is 1. The molecule has 1 amide bonds. The number of fused-ring (bicyclic) bond motifs is 1. The Hall–Kier alpha value is -2.46. The fraction of sp³-hybridized carbons (Fsp3) is 0.739. The number of H-pyrrole nitrogens is 1. The molecule has 1 aromatic heterocycles. The number of carbonyl (C=O) groups excluding carboxylic acids is 1. The number of carbonyl (C=O) groups is 3. The van der Waals surface area contributed by atoms with E-state index in [0.717, 1.165) is 77.7 Å². The number of hydrogen-bond acceptors (Lipinski definition) is 6. The van der Waals surface area contributed by atoms with E-state index in [4.69, 9.17) is 19.8 Å². The van der Waals surface area contributed by atoms with Crippen LogP contribution < -0.4 is 5.32 Å². The smallest absolute Gasteiger partial charge is 0.300 e. The van der Waals surface area contributed by atoms with Crippen molar-refractivity contribution in [3.05, 3.63) is 17.0 Å². The zero-order chi connectivity index (χ0) is 24.4. The van der Waals surface area contributed by atoms with Gasteiger partial charge < -0.3 is 25.5 Å². The summed E-state index contributed by atoms with van der Waals surface area (Å²) in [6, 6.07) is 0. The van der Waals surface area contributed by atoms with Crippen LogP contribution in [0.15, 0.2) is 0 Å². The lowest BCUT2D eigenvalue weighted by molar-refractivity contribution is -0.138. The topological polar surface area (TPSA) is 156 Å². The third-order valence-corrected chi connectivity index (χ3v) is 6.46. The van der Waals surface area contributed by atoms with Crippen molar-refractivity contribution >= 4 is 17.8 Å². The van der Waals surface area contributed by atoms with Crippen LogP contribution in [0, 0.1) is 5.41 Å². The third-order valence-electron chi connectivity index (χ3n) is 6.46. The standard InChI is InChI=1S/C19H30N4O2.2C2H4O2/c24-17-8-10-20-12-19(17)9-3-11-23(13-19)18(25)7-6-16-14-4-1-2-5-15(14)21-22-16;2*1-2(3)4/h17,20,24H,1-13H2,(H,21,22);2*1H3,(H,3,4)/t17-,19-;;/m0../s1. The predicted molar refractivity (Wildman–Crippen MR) is 122 cm³/mol. The summed E-state index contributed by atoms with van der Waals surface area (Å²) in [5, 5.41) is 36.4. The van der Waals surface area contributed by atoms with Crippen molar-refractivity contribution in [3.8, 4) is 0 Å². The van der Waals surface area contributed by atoms with Crippen molar-refractivity contribution in [1.82, 2.24) is 20.4 Å². The summed E-state index contributed by atoms with van der Waals surface area (Å²) in [6.45, 7) is 5.39. The van der Waals surface area contributed by atoms with Crippen LogP contribution in [0.5, 0.6) is 0 Å². The summed E-state index contributed by atoms with van der Waals surface area (Å²) in [6.07, 6.45) is 8.42. The molecule has 2 fully saturated rings. The molecule has 2 aliphatic heterocycles. The Bertz CT molecular complexity index is 787. The molecule has 0 bridgehead atoms. The summed E-state index contributed by atoms with van der Waals surface area (Å²) in [7, 11) is 0. The van der Waals surface area contributed by atoms with Crippen molar-refractivity contribution in [2.24, 2.45) is 5.41 Å². The first-order chi connectivity index (χ1) is 15.6. The van der Waals surface area contributed by atoms with Crippen LogP contribution in [0.4, 0.5) is 0 Å². The molecule has 0 radical (unpaired) electrons. The number of carboxylic acid groups (broad SMARTS) is 2. The van der Waals surface area contributed by atoms with Crippen molar-refractivity contribution < 1.29 is 29.7 Å². The average molecular weight is 467 g/mol. The van der Waals surface area contributed by atoms with Gasteiger partial charge in [0, 0.05) is 57.4 Å². The molecular weight excluding hydrogens is 428 g/mol. The van der Waals surface area contributed by atoms with Gasteiger partial charge in [-0.2, -0.15) is 5.10 Å².